The SMILES string of the molecule is Cc1ccc(NCC(=O)c2cc(C)n(C)c2C)cc1Br. The lowest BCUT2D eigenvalue weighted by molar-refractivity contribution is 0.101. The Morgan fingerprint density at radius 2 is 1.95 bits per heavy atom. The van der Waals surface area contributed by atoms with Crippen molar-refractivity contribution in [1.82, 2.24) is 4.57 Å². The molecule has 4 heteroatoms. The molecule has 2 rings (SSSR count). The lowest BCUT2D eigenvalue weighted by Crippen LogP contribution is -2.14. The van der Waals surface area contributed by atoms with Crippen LogP contribution in [0.3, 0.4) is 0 Å². The van der Waals surface area contributed by atoms with Gasteiger partial charge >= 0.3 is 0 Å². The first-order chi connectivity index (χ1) is 9.40. The van der Waals surface area contributed by atoms with Gasteiger partial charge in [-0.2, -0.15) is 0 Å². The summed E-state index contributed by atoms with van der Waals surface area (Å²) in [4.78, 5) is 12.3. The zero-order chi connectivity index (χ0) is 14.9. The Morgan fingerprint density at radius 3 is 2.50 bits per heavy atom. The van der Waals surface area contributed by atoms with Gasteiger partial charge in [-0.1, -0.05) is 22.0 Å². The molecule has 1 N–H and O–H groups in total. The normalized spacial score (nSPS) is 10.7. The minimum Gasteiger partial charge on any atom is -0.378 e. The summed E-state index contributed by atoms with van der Waals surface area (Å²) in [5.74, 6) is 0.114. The molecule has 0 atom stereocenters. The number of anilines is 1. The van der Waals surface area contributed by atoms with Gasteiger partial charge in [-0.25, -0.2) is 0 Å². The first kappa shape index (κ1) is 14.9. The number of ketones is 1. The van der Waals surface area contributed by atoms with Gasteiger partial charge < -0.3 is 9.88 Å². The third-order valence-corrected chi connectivity index (χ3v) is 4.55. The number of Topliss-reactive ketones (excluding diaryl/α,β-unsaturated/α-hetero) is 1. The Kier molecular flexibility index (Phi) is 4.33. The third-order valence-electron chi connectivity index (χ3n) is 3.70. The van der Waals surface area contributed by atoms with Gasteiger partial charge in [0.2, 0.25) is 0 Å². The fourth-order valence-corrected chi connectivity index (χ4v) is 2.50. The van der Waals surface area contributed by atoms with Crippen LogP contribution in [0.4, 0.5) is 5.69 Å². The summed E-state index contributed by atoms with van der Waals surface area (Å²) in [6.45, 7) is 6.33. The van der Waals surface area contributed by atoms with E-state index in [0.29, 0.717) is 6.54 Å². The van der Waals surface area contributed by atoms with Gasteiger partial charge in [0.25, 0.3) is 0 Å². The van der Waals surface area contributed by atoms with E-state index >= 15 is 0 Å². The lowest BCUT2D eigenvalue weighted by Gasteiger charge is -2.08. The number of rotatable bonds is 4. The summed E-state index contributed by atoms with van der Waals surface area (Å²) in [6, 6.07) is 7.95. The zero-order valence-electron chi connectivity index (χ0n) is 12.2. The van der Waals surface area contributed by atoms with Crippen molar-refractivity contribution < 1.29 is 4.79 Å². The summed E-state index contributed by atoms with van der Waals surface area (Å²) in [5.41, 5.74) is 5.03. The van der Waals surface area contributed by atoms with Crippen LogP contribution in [0.1, 0.15) is 27.3 Å². The molecule has 3 nitrogen and oxygen atoms in total. The van der Waals surface area contributed by atoms with E-state index in [1.165, 1.54) is 5.56 Å². The molecule has 1 aromatic heterocycles. The number of hydrogen-bond donors (Lipinski definition) is 1. The van der Waals surface area contributed by atoms with Gasteiger partial charge in [-0.15, -0.1) is 0 Å². The van der Waals surface area contributed by atoms with Gasteiger partial charge in [0, 0.05) is 34.2 Å². The van der Waals surface area contributed by atoms with E-state index < -0.39 is 0 Å². The average molecular weight is 335 g/mol. The quantitative estimate of drug-likeness (QED) is 0.857. The Hall–Kier alpha value is -1.55. The monoisotopic (exact) mass is 334 g/mol. The van der Waals surface area contributed by atoms with Crippen molar-refractivity contribution in [3.63, 3.8) is 0 Å². The number of carbonyl (C=O) groups is 1. The van der Waals surface area contributed by atoms with Crippen LogP contribution in [-0.2, 0) is 7.05 Å². The molecule has 0 unspecified atom stereocenters. The Labute approximate surface area is 128 Å². The Morgan fingerprint density at radius 1 is 1.25 bits per heavy atom. The largest absolute Gasteiger partial charge is 0.378 e. The van der Waals surface area contributed by atoms with E-state index in [-0.39, 0.29) is 5.78 Å². The highest BCUT2D eigenvalue weighted by Crippen LogP contribution is 2.21. The molecule has 0 aliphatic heterocycles. The molecule has 0 fully saturated rings. The number of nitrogens with one attached hydrogen (secondary N) is 1. The lowest BCUT2D eigenvalue weighted by atomic mass is 10.1. The predicted octanol–water partition coefficient (Wildman–Crippen LogP) is 4.01. The van der Waals surface area contributed by atoms with Gasteiger partial charge in [0.15, 0.2) is 5.78 Å². The third kappa shape index (κ3) is 2.96. The molecular formula is C16H19BrN2O. The Balaban J connectivity index is 2.08. The van der Waals surface area contributed by atoms with Crippen molar-refractivity contribution in [1.29, 1.82) is 0 Å². The van der Waals surface area contributed by atoms with Crippen LogP contribution in [0.2, 0.25) is 0 Å². The molecule has 0 saturated carbocycles. The van der Waals surface area contributed by atoms with Crippen molar-refractivity contribution in [2.24, 2.45) is 7.05 Å². The first-order valence-corrected chi connectivity index (χ1v) is 7.35. The smallest absolute Gasteiger partial charge is 0.183 e. The summed E-state index contributed by atoms with van der Waals surface area (Å²) in [6.07, 6.45) is 0. The maximum absolute atomic E-state index is 12.3. The van der Waals surface area contributed by atoms with E-state index in [4.69, 9.17) is 0 Å². The van der Waals surface area contributed by atoms with Gasteiger partial charge in [0.1, 0.15) is 0 Å². The maximum Gasteiger partial charge on any atom is 0.183 e. The summed E-state index contributed by atoms with van der Waals surface area (Å²) < 4.78 is 3.08. The fourth-order valence-electron chi connectivity index (χ4n) is 2.12. The molecule has 0 aliphatic rings. The van der Waals surface area contributed by atoms with Crippen molar-refractivity contribution in [2.45, 2.75) is 20.8 Å². The number of benzene rings is 1. The first-order valence-electron chi connectivity index (χ1n) is 6.56. The van der Waals surface area contributed by atoms with E-state index in [2.05, 4.69) is 21.2 Å². The van der Waals surface area contributed by atoms with E-state index in [1.807, 2.05) is 56.7 Å². The van der Waals surface area contributed by atoms with Crippen LogP contribution in [0.5, 0.6) is 0 Å². The van der Waals surface area contributed by atoms with E-state index in [0.717, 1.165) is 27.1 Å². The van der Waals surface area contributed by atoms with Crippen molar-refractivity contribution in [2.75, 3.05) is 11.9 Å². The number of aryl methyl sites for hydroxylation is 2. The van der Waals surface area contributed by atoms with Crippen molar-refractivity contribution in [3.05, 3.63) is 51.3 Å². The highest BCUT2D eigenvalue weighted by molar-refractivity contribution is 9.10. The van der Waals surface area contributed by atoms with Crippen LogP contribution in [0.15, 0.2) is 28.7 Å². The number of carbonyl (C=O) groups excluding carboxylic acids is 1. The highest BCUT2D eigenvalue weighted by Gasteiger charge is 2.13. The molecule has 1 heterocycles. The molecule has 106 valence electrons. The minimum atomic E-state index is 0.114. The van der Waals surface area contributed by atoms with Crippen molar-refractivity contribution >= 4 is 27.4 Å². The van der Waals surface area contributed by atoms with Gasteiger partial charge in [-0.3, -0.25) is 4.79 Å². The summed E-state index contributed by atoms with van der Waals surface area (Å²) >= 11 is 3.49. The van der Waals surface area contributed by atoms with Crippen LogP contribution in [-0.4, -0.2) is 16.9 Å². The summed E-state index contributed by atoms with van der Waals surface area (Å²) in [7, 11) is 1.98. The molecule has 0 saturated heterocycles. The number of halogens is 1. The topological polar surface area (TPSA) is 34.0 Å². The molecule has 2 aromatic rings. The number of aromatic nitrogens is 1. The second-order valence-corrected chi connectivity index (χ2v) is 5.94. The standard InChI is InChI=1S/C16H19BrN2O/c1-10-5-6-13(8-15(10)17)18-9-16(20)14-7-11(2)19(4)12(14)3/h5-8,18H,9H2,1-4H3. The Bertz CT molecular complexity index is 659. The summed E-state index contributed by atoms with van der Waals surface area (Å²) in [5, 5.41) is 3.18. The molecule has 1 aromatic carbocycles. The zero-order valence-corrected chi connectivity index (χ0v) is 13.8. The second-order valence-electron chi connectivity index (χ2n) is 5.08. The highest BCUT2D eigenvalue weighted by atomic mass is 79.9. The van der Waals surface area contributed by atoms with Crippen LogP contribution >= 0.6 is 15.9 Å². The fraction of sp³-hybridized carbons (Fsp3) is 0.312. The molecule has 0 aliphatic carbocycles. The van der Waals surface area contributed by atoms with Crippen LogP contribution < -0.4 is 5.32 Å². The molecule has 0 amide bonds. The van der Waals surface area contributed by atoms with Crippen molar-refractivity contribution in [3.8, 4) is 0 Å². The molecule has 20 heavy (non-hydrogen) atoms. The minimum absolute atomic E-state index is 0.114. The molecule has 0 radical (unpaired) electrons. The average Bonchev–Trinajstić information content (AvgIpc) is 2.67. The van der Waals surface area contributed by atoms with Gasteiger partial charge in [0.05, 0.1) is 6.54 Å². The van der Waals surface area contributed by atoms with E-state index in [9.17, 15) is 4.79 Å². The van der Waals surface area contributed by atoms with E-state index in [1.54, 1.807) is 0 Å². The molecular weight excluding hydrogens is 316 g/mol. The van der Waals surface area contributed by atoms with Gasteiger partial charge in [-0.05, 0) is 44.5 Å². The number of hydrogen-bond acceptors (Lipinski definition) is 2. The predicted molar refractivity (Wildman–Crippen MR) is 86.6 cm³/mol. The molecule has 0 spiro atoms. The number of nitrogens with zero attached hydrogens (tertiary/aromatic N) is 1. The van der Waals surface area contributed by atoms with Crippen LogP contribution in [0.25, 0.3) is 0 Å². The van der Waals surface area contributed by atoms with Crippen LogP contribution in [0, 0.1) is 20.8 Å². The maximum atomic E-state index is 12.3. The second kappa shape index (κ2) is 5.83. The molecule has 0 bridgehead atoms.